The molecule has 1 saturated heterocycles. The first-order valence-corrected chi connectivity index (χ1v) is 11.6. The number of alkyl halides is 1. The number of aromatic nitrogens is 6. The molecule has 3 aromatic heterocycles. The van der Waals surface area contributed by atoms with Crippen LogP contribution >= 0.6 is 0 Å². The quantitative estimate of drug-likeness (QED) is 0.467. The fourth-order valence-electron chi connectivity index (χ4n) is 3.90. The number of nitrogens with one attached hydrogen (secondary N) is 2. The molecule has 1 aliphatic heterocycles. The lowest BCUT2D eigenvalue weighted by atomic mass is 10.1. The van der Waals surface area contributed by atoms with Crippen LogP contribution in [0.4, 0.5) is 21.8 Å². The fraction of sp³-hybridized carbons (Fsp3) is 0.522. The Morgan fingerprint density at radius 3 is 2.77 bits per heavy atom. The van der Waals surface area contributed by atoms with E-state index in [9.17, 15) is 9.18 Å². The van der Waals surface area contributed by atoms with E-state index < -0.39 is 18.1 Å². The summed E-state index contributed by atoms with van der Waals surface area (Å²) in [6.45, 7) is 11.6. The van der Waals surface area contributed by atoms with E-state index in [0.717, 1.165) is 24.9 Å². The molecule has 188 valence electrons. The van der Waals surface area contributed by atoms with Crippen molar-refractivity contribution in [3.8, 4) is 0 Å². The standard InChI is InChI=1S/C23H33FN10O/c1-7-18(35)28-17-13-32(12-16(17)24)22-29-20(19-21(30-22)34(14-25-19)23(2,3)4)27-15-10-26-33(11-15)9-8-31(5)6/h7,10-11,14,16-17H,1,8-9,12-13H2,2-6H3,(H,28,35)(H,27,29,30)/t16-,17+/m0/s1. The topological polar surface area (TPSA) is 109 Å². The molecule has 3 aromatic rings. The summed E-state index contributed by atoms with van der Waals surface area (Å²) in [5.74, 6) is 0.466. The maximum absolute atomic E-state index is 14.7. The summed E-state index contributed by atoms with van der Waals surface area (Å²) >= 11 is 0. The molecule has 0 saturated carbocycles. The van der Waals surface area contributed by atoms with Crippen molar-refractivity contribution in [1.82, 2.24) is 39.5 Å². The van der Waals surface area contributed by atoms with E-state index in [2.05, 4.69) is 53.0 Å². The average molecular weight is 485 g/mol. The molecule has 0 aromatic carbocycles. The SMILES string of the molecule is C=CC(=O)N[C@@H]1CN(c2nc(Nc3cnn(CCN(C)C)c3)c3ncn(C(C)(C)C)c3n2)C[C@@H]1F. The van der Waals surface area contributed by atoms with E-state index in [4.69, 9.17) is 9.97 Å². The zero-order valence-electron chi connectivity index (χ0n) is 20.9. The van der Waals surface area contributed by atoms with Crippen LogP contribution in [0.1, 0.15) is 20.8 Å². The molecule has 0 unspecified atom stereocenters. The number of amides is 1. The lowest BCUT2D eigenvalue weighted by molar-refractivity contribution is -0.117. The van der Waals surface area contributed by atoms with Crippen LogP contribution in [0.15, 0.2) is 31.4 Å². The number of fused-ring (bicyclic) bond motifs is 1. The highest BCUT2D eigenvalue weighted by Gasteiger charge is 2.35. The Morgan fingerprint density at radius 1 is 1.31 bits per heavy atom. The minimum atomic E-state index is -1.25. The largest absolute Gasteiger partial charge is 0.345 e. The smallest absolute Gasteiger partial charge is 0.243 e. The summed E-state index contributed by atoms with van der Waals surface area (Å²) in [5.41, 5.74) is 1.74. The van der Waals surface area contributed by atoms with Crippen LogP contribution in [0, 0.1) is 0 Å². The van der Waals surface area contributed by atoms with E-state index in [1.807, 2.05) is 29.5 Å². The number of nitrogens with zero attached hydrogens (tertiary/aromatic N) is 8. The summed E-state index contributed by atoms with van der Waals surface area (Å²) < 4.78 is 18.6. The number of rotatable bonds is 8. The first kappa shape index (κ1) is 24.6. The van der Waals surface area contributed by atoms with E-state index in [1.54, 1.807) is 17.4 Å². The third-order valence-corrected chi connectivity index (χ3v) is 5.82. The number of anilines is 3. The predicted molar refractivity (Wildman–Crippen MR) is 134 cm³/mol. The van der Waals surface area contributed by atoms with Gasteiger partial charge in [0, 0.05) is 24.8 Å². The highest BCUT2D eigenvalue weighted by atomic mass is 19.1. The maximum atomic E-state index is 14.7. The van der Waals surface area contributed by atoms with Crippen molar-refractivity contribution in [3.63, 3.8) is 0 Å². The van der Waals surface area contributed by atoms with Crippen molar-refractivity contribution >= 4 is 34.5 Å². The molecule has 1 amide bonds. The van der Waals surface area contributed by atoms with Crippen LogP contribution in [0.3, 0.4) is 0 Å². The Morgan fingerprint density at radius 2 is 2.09 bits per heavy atom. The van der Waals surface area contributed by atoms with Gasteiger partial charge < -0.3 is 25.0 Å². The molecule has 0 bridgehead atoms. The van der Waals surface area contributed by atoms with Crippen molar-refractivity contribution in [2.45, 2.75) is 45.1 Å². The number of carbonyl (C=O) groups is 1. The Kier molecular flexibility index (Phi) is 6.75. The predicted octanol–water partition coefficient (Wildman–Crippen LogP) is 1.91. The Labute approximate surface area is 204 Å². The van der Waals surface area contributed by atoms with Crippen LogP contribution in [0.5, 0.6) is 0 Å². The third-order valence-electron chi connectivity index (χ3n) is 5.82. The molecule has 2 atom stereocenters. The minimum Gasteiger partial charge on any atom is -0.345 e. The molecule has 1 aliphatic rings. The van der Waals surface area contributed by atoms with Gasteiger partial charge in [-0.25, -0.2) is 9.37 Å². The molecule has 4 rings (SSSR count). The Balaban J connectivity index is 1.67. The number of hydrogen-bond donors (Lipinski definition) is 2. The second-order valence-corrected chi connectivity index (χ2v) is 9.99. The molecule has 4 heterocycles. The molecule has 0 spiro atoms. The van der Waals surface area contributed by atoms with Gasteiger partial charge in [-0.15, -0.1) is 0 Å². The number of carbonyl (C=O) groups excluding carboxylic acids is 1. The minimum absolute atomic E-state index is 0.0686. The summed E-state index contributed by atoms with van der Waals surface area (Å²) in [6, 6.07) is -0.668. The number of halogens is 1. The third kappa shape index (κ3) is 5.42. The van der Waals surface area contributed by atoms with Crippen molar-refractivity contribution < 1.29 is 9.18 Å². The Bertz CT molecular complexity index is 1210. The molecule has 35 heavy (non-hydrogen) atoms. The molecule has 0 radical (unpaired) electrons. The summed E-state index contributed by atoms with van der Waals surface area (Å²) in [7, 11) is 4.03. The fourth-order valence-corrected chi connectivity index (χ4v) is 3.90. The van der Waals surface area contributed by atoms with E-state index in [1.165, 1.54) is 0 Å². The lowest BCUT2D eigenvalue weighted by Crippen LogP contribution is -2.40. The van der Waals surface area contributed by atoms with Gasteiger partial charge in [-0.3, -0.25) is 9.48 Å². The second-order valence-electron chi connectivity index (χ2n) is 9.99. The molecule has 11 nitrogen and oxygen atoms in total. The molecular weight excluding hydrogens is 451 g/mol. The molecule has 2 N–H and O–H groups in total. The van der Waals surface area contributed by atoms with Crippen molar-refractivity contribution in [1.29, 1.82) is 0 Å². The lowest BCUT2D eigenvalue weighted by Gasteiger charge is -2.22. The van der Waals surface area contributed by atoms with Gasteiger partial charge >= 0.3 is 0 Å². The monoisotopic (exact) mass is 484 g/mol. The number of hydrogen-bond acceptors (Lipinski definition) is 8. The van der Waals surface area contributed by atoms with Gasteiger partial charge in [-0.05, 0) is 40.9 Å². The van der Waals surface area contributed by atoms with Gasteiger partial charge in [0.15, 0.2) is 17.0 Å². The first-order valence-electron chi connectivity index (χ1n) is 11.6. The van der Waals surface area contributed by atoms with Gasteiger partial charge in [0.1, 0.15) is 6.17 Å². The van der Waals surface area contributed by atoms with Crippen LogP contribution < -0.4 is 15.5 Å². The zero-order valence-corrected chi connectivity index (χ0v) is 20.9. The van der Waals surface area contributed by atoms with Crippen LogP contribution in [0.25, 0.3) is 11.2 Å². The van der Waals surface area contributed by atoms with E-state index >= 15 is 0 Å². The van der Waals surface area contributed by atoms with Gasteiger partial charge in [0.05, 0.1) is 37.3 Å². The Hall–Kier alpha value is -3.54. The average Bonchev–Trinajstić information content (AvgIpc) is 3.50. The van der Waals surface area contributed by atoms with E-state index in [0.29, 0.717) is 22.9 Å². The molecule has 1 fully saturated rings. The van der Waals surface area contributed by atoms with E-state index in [-0.39, 0.29) is 18.6 Å². The molecular formula is C23H33FN10O. The number of imidazole rings is 1. The van der Waals surface area contributed by atoms with Gasteiger partial charge in [-0.2, -0.15) is 15.1 Å². The van der Waals surface area contributed by atoms with Gasteiger partial charge in [0.2, 0.25) is 11.9 Å². The summed E-state index contributed by atoms with van der Waals surface area (Å²) in [4.78, 5) is 29.6. The first-order chi connectivity index (χ1) is 16.5. The normalized spacial score (nSPS) is 18.4. The highest BCUT2D eigenvalue weighted by molar-refractivity contribution is 5.88. The van der Waals surface area contributed by atoms with Crippen LogP contribution in [-0.4, -0.2) is 86.0 Å². The maximum Gasteiger partial charge on any atom is 0.243 e. The van der Waals surface area contributed by atoms with Gasteiger partial charge in [-0.1, -0.05) is 6.58 Å². The zero-order chi connectivity index (χ0) is 25.3. The summed E-state index contributed by atoms with van der Waals surface area (Å²) in [6.07, 6.45) is 5.27. The van der Waals surface area contributed by atoms with Crippen molar-refractivity contribution in [2.75, 3.05) is 43.9 Å². The van der Waals surface area contributed by atoms with Crippen LogP contribution in [-0.2, 0) is 16.9 Å². The van der Waals surface area contributed by atoms with Crippen molar-refractivity contribution in [2.24, 2.45) is 0 Å². The molecule has 12 heteroatoms. The second kappa shape index (κ2) is 9.61. The molecule has 0 aliphatic carbocycles. The van der Waals surface area contributed by atoms with Crippen LogP contribution in [0.2, 0.25) is 0 Å². The van der Waals surface area contributed by atoms with Gasteiger partial charge in [0.25, 0.3) is 0 Å². The van der Waals surface area contributed by atoms with Crippen molar-refractivity contribution in [3.05, 3.63) is 31.4 Å². The number of likely N-dealkylation sites (N-methyl/N-ethyl adjacent to an activating group) is 1. The summed E-state index contributed by atoms with van der Waals surface area (Å²) in [5, 5.41) is 10.4. The highest BCUT2D eigenvalue weighted by Crippen LogP contribution is 2.30.